The second kappa shape index (κ2) is 13.5. The Balaban J connectivity index is 0.000000192. The molecule has 0 unspecified atom stereocenters. The zero-order valence-electron chi connectivity index (χ0n) is 26.6. The number of fused-ring (bicyclic) bond motifs is 2. The number of aryl methyl sites for hydroxylation is 1. The van der Waals surface area contributed by atoms with Crippen molar-refractivity contribution in [2.24, 2.45) is 19.1 Å². The molecule has 14 nitrogen and oxygen atoms in total. The van der Waals surface area contributed by atoms with Crippen LogP contribution >= 0.6 is 0 Å². The average Bonchev–Trinajstić information content (AvgIpc) is 3.71. The minimum absolute atomic E-state index is 0.115. The Morgan fingerprint density at radius 3 is 2.00 bits per heavy atom. The summed E-state index contributed by atoms with van der Waals surface area (Å²) in [6, 6.07) is 11.9. The molecular formula is C31H37N9O5Si. The Bertz CT molecular complexity index is 2120. The van der Waals surface area contributed by atoms with Gasteiger partial charge in [-0.15, -0.1) is 0 Å². The smallest absolute Gasteiger partial charge is 0.332 e. The fourth-order valence-electron chi connectivity index (χ4n) is 4.93. The van der Waals surface area contributed by atoms with E-state index in [1.807, 2.05) is 12.1 Å². The molecule has 0 spiro atoms. The standard InChI is InChI=1S/C18H25N5O3Si.C13H12N4O2/c1-21-16-15(22(12-20-16)13-26-9-10-27(2,3)4)17(24)23(18(21)25)11-14-7-5-6-8-19-14;1-16-11-10(5-7-15-11)12(18)17(13(16)19)8-9-4-2-3-6-14-9/h5-8,12H,9-11,13H2,1-4H3;2-4,6-7H,5,8H2,1H3. The van der Waals surface area contributed by atoms with Crippen LogP contribution < -0.4 is 22.5 Å². The van der Waals surface area contributed by atoms with Crippen molar-refractivity contribution < 1.29 is 4.74 Å². The number of rotatable bonds is 9. The van der Waals surface area contributed by atoms with Gasteiger partial charge in [0.15, 0.2) is 11.2 Å². The van der Waals surface area contributed by atoms with E-state index in [-0.39, 0.29) is 36.6 Å². The average molecular weight is 644 g/mol. The molecular weight excluding hydrogens is 606 g/mol. The summed E-state index contributed by atoms with van der Waals surface area (Å²) in [6.07, 6.45) is 6.95. The minimum Gasteiger partial charge on any atom is -0.361 e. The zero-order valence-corrected chi connectivity index (χ0v) is 27.6. The highest BCUT2D eigenvalue weighted by atomic mass is 28.3. The molecule has 0 amide bonds. The molecule has 0 radical (unpaired) electrons. The van der Waals surface area contributed by atoms with E-state index < -0.39 is 13.8 Å². The maximum Gasteiger partial charge on any atom is 0.332 e. The number of aliphatic imine (C=N–C) groups is 1. The quantitative estimate of drug-likeness (QED) is 0.174. The van der Waals surface area contributed by atoms with Crippen molar-refractivity contribution in [3.8, 4) is 0 Å². The summed E-state index contributed by atoms with van der Waals surface area (Å²) < 4.78 is 12.6. The van der Waals surface area contributed by atoms with Gasteiger partial charge in [0.05, 0.1) is 36.4 Å². The van der Waals surface area contributed by atoms with E-state index in [0.717, 1.165) is 6.04 Å². The van der Waals surface area contributed by atoms with Crippen molar-refractivity contribution in [1.82, 2.24) is 37.8 Å². The summed E-state index contributed by atoms with van der Waals surface area (Å²) in [5, 5.41) is 0. The molecule has 0 aliphatic carbocycles. The van der Waals surface area contributed by atoms with E-state index in [4.69, 9.17) is 4.74 Å². The second-order valence-corrected chi connectivity index (χ2v) is 17.8. The van der Waals surface area contributed by atoms with Crippen LogP contribution in [0, 0.1) is 0 Å². The SMILES string of the molecule is Cn1c(=O)n(Cc2ccccn2)c(=O)c2c1ncn2COCC[Si](C)(C)C.Cn1c2c(c(=O)n(Cc3ccccn3)c1=O)CC=N2. The Hall–Kier alpha value is -5.02. The third-order valence-corrected chi connectivity index (χ3v) is 9.24. The van der Waals surface area contributed by atoms with Gasteiger partial charge in [0.2, 0.25) is 0 Å². The maximum atomic E-state index is 13.0. The van der Waals surface area contributed by atoms with Crippen LogP contribution in [0.15, 0.2) is 79.3 Å². The molecule has 6 rings (SSSR count). The van der Waals surface area contributed by atoms with Gasteiger partial charge in [-0.1, -0.05) is 31.8 Å². The van der Waals surface area contributed by atoms with E-state index in [2.05, 4.69) is 39.6 Å². The number of hydrogen-bond donors (Lipinski definition) is 0. The van der Waals surface area contributed by atoms with Gasteiger partial charge in [0.1, 0.15) is 12.5 Å². The second-order valence-electron chi connectivity index (χ2n) is 12.2. The largest absolute Gasteiger partial charge is 0.361 e. The van der Waals surface area contributed by atoms with Gasteiger partial charge in [-0.3, -0.25) is 37.8 Å². The molecule has 0 aromatic carbocycles. The van der Waals surface area contributed by atoms with Crippen LogP contribution in [0.5, 0.6) is 0 Å². The molecule has 0 bridgehead atoms. The van der Waals surface area contributed by atoms with Crippen LogP contribution in [0.3, 0.4) is 0 Å². The van der Waals surface area contributed by atoms with Gasteiger partial charge in [-0.25, -0.2) is 19.6 Å². The number of pyridine rings is 2. The summed E-state index contributed by atoms with van der Waals surface area (Å²) in [4.78, 5) is 66.7. The molecule has 0 saturated heterocycles. The Morgan fingerprint density at radius 2 is 1.41 bits per heavy atom. The highest BCUT2D eigenvalue weighted by molar-refractivity contribution is 6.76. The Labute approximate surface area is 264 Å². The van der Waals surface area contributed by atoms with Crippen molar-refractivity contribution in [3.63, 3.8) is 0 Å². The van der Waals surface area contributed by atoms with Crippen LogP contribution in [0.1, 0.15) is 17.0 Å². The number of ether oxygens (including phenoxy) is 1. The summed E-state index contributed by atoms with van der Waals surface area (Å²) >= 11 is 0. The van der Waals surface area contributed by atoms with Crippen LogP contribution in [0.2, 0.25) is 25.7 Å². The van der Waals surface area contributed by atoms with Crippen LogP contribution in [-0.2, 0) is 45.1 Å². The molecule has 0 saturated carbocycles. The lowest BCUT2D eigenvalue weighted by Crippen LogP contribution is -2.40. The van der Waals surface area contributed by atoms with Gasteiger partial charge in [-0.2, -0.15) is 0 Å². The van der Waals surface area contributed by atoms with Crippen molar-refractivity contribution in [3.05, 3.63) is 114 Å². The van der Waals surface area contributed by atoms with Crippen molar-refractivity contribution in [1.29, 1.82) is 0 Å². The van der Waals surface area contributed by atoms with Crippen molar-refractivity contribution in [2.75, 3.05) is 6.61 Å². The predicted molar refractivity (Wildman–Crippen MR) is 178 cm³/mol. The first-order chi connectivity index (χ1) is 22.0. The first-order valence-corrected chi connectivity index (χ1v) is 18.5. The van der Waals surface area contributed by atoms with E-state index in [1.165, 1.54) is 18.3 Å². The van der Waals surface area contributed by atoms with Gasteiger partial charge in [-0.05, 0) is 30.3 Å². The molecule has 15 heteroatoms. The molecule has 1 aliphatic heterocycles. The van der Waals surface area contributed by atoms with Gasteiger partial charge >= 0.3 is 11.4 Å². The van der Waals surface area contributed by atoms with E-state index in [1.54, 1.807) is 67.9 Å². The topological polar surface area (TPSA) is 153 Å². The highest BCUT2D eigenvalue weighted by Crippen LogP contribution is 2.17. The summed E-state index contributed by atoms with van der Waals surface area (Å²) in [6.45, 7) is 8.03. The van der Waals surface area contributed by atoms with Crippen molar-refractivity contribution in [2.45, 2.75) is 51.9 Å². The van der Waals surface area contributed by atoms with Crippen LogP contribution in [0.25, 0.3) is 11.2 Å². The van der Waals surface area contributed by atoms with Crippen LogP contribution in [-0.4, -0.2) is 58.7 Å². The fourth-order valence-corrected chi connectivity index (χ4v) is 5.69. The first-order valence-electron chi connectivity index (χ1n) is 14.8. The number of imidazole rings is 1. The lowest BCUT2D eigenvalue weighted by molar-refractivity contribution is 0.0896. The molecule has 0 N–H and O–H groups in total. The monoisotopic (exact) mass is 643 g/mol. The molecule has 0 fully saturated rings. The lowest BCUT2D eigenvalue weighted by Gasteiger charge is -2.15. The summed E-state index contributed by atoms with van der Waals surface area (Å²) in [5.74, 6) is 0.465. The van der Waals surface area contributed by atoms with Gasteiger partial charge in [0, 0.05) is 53.8 Å². The van der Waals surface area contributed by atoms with E-state index in [0.29, 0.717) is 47.0 Å². The predicted octanol–water partition coefficient (Wildman–Crippen LogP) is 1.90. The highest BCUT2D eigenvalue weighted by Gasteiger charge is 2.20. The number of hydrogen-bond acceptors (Lipinski definition) is 9. The zero-order chi connectivity index (χ0) is 33.0. The van der Waals surface area contributed by atoms with E-state index in [9.17, 15) is 19.2 Å². The third kappa shape index (κ3) is 6.94. The summed E-state index contributed by atoms with van der Waals surface area (Å²) in [5.41, 5.74) is 1.17. The van der Waals surface area contributed by atoms with Gasteiger partial charge in [0.25, 0.3) is 11.1 Å². The van der Waals surface area contributed by atoms with Gasteiger partial charge < -0.3 is 9.30 Å². The lowest BCUT2D eigenvalue weighted by atomic mass is 10.2. The minimum atomic E-state index is -1.18. The number of aromatic nitrogens is 8. The Morgan fingerprint density at radius 1 is 0.804 bits per heavy atom. The van der Waals surface area contributed by atoms with Crippen LogP contribution in [0.4, 0.5) is 5.82 Å². The number of nitrogens with zero attached hydrogens (tertiary/aromatic N) is 9. The third-order valence-electron chi connectivity index (χ3n) is 7.54. The maximum absolute atomic E-state index is 13.0. The molecule has 6 heterocycles. The molecule has 46 heavy (non-hydrogen) atoms. The molecule has 1 aliphatic rings. The first kappa shape index (κ1) is 32.4. The molecule has 240 valence electrons. The molecule has 0 atom stereocenters. The fraction of sp³-hybridized carbons (Fsp3) is 0.355. The van der Waals surface area contributed by atoms with Crippen molar-refractivity contribution >= 4 is 31.3 Å². The molecule has 5 aromatic heterocycles. The Kier molecular flexibility index (Phi) is 9.53. The normalized spacial score (nSPS) is 12.3. The molecule has 5 aromatic rings. The summed E-state index contributed by atoms with van der Waals surface area (Å²) in [7, 11) is 2.06. The van der Waals surface area contributed by atoms with E-state index >= 15 is 0 Å².